The van der Waals surface area contributed by atoms with Crippen molar-refractivity contribution >= 4 is 5.95 Å². The minimum absolute atomic E-state index is 0.600. The van der Waals surface area contributed by atoms with E-state index in [1.54, 1.807) is 0 Å². The molecule has 1 heterocycles. The quantitative estimate of drug-likeness (QED) is 0.637. The van der Waals surface area contributed by atoms with Crippen LogP contribution in [0.3, 0.4) is 0 Å². The van der Waals surface area contributed by atoms with E-state index in [1.165, 1.54) is 38.5 Å². The average Bonchev–Trinajstić information content (AvgIpc) is 2.53. The van der Waals surface area contributed by atoms with Gasteiger partial charge in [0.2, 0.25) is 5.95 Å². The smallest absolute Gasteiger partial charge is 0.203 e. The lowest BCUT2D eigenvalue weighted by Crippen LogP contribution is -2.21. The molecule has 0 bridgehead atoms. The van der Waals surface area contributed by atoms with Crippen LogP contribution in [0.1, 0.15) is 44.2 Å². The fourth-order valence-electron chi connectivity index (χ4n) is 2.55. The van der Waals surface area contributed by atoms with Crippen molar-refractivity contribution in [3.05, 3.63) is 24.5 Å². The van der Waals surface area contributed by atoms with Crippen molar-refractivity contribution in [3.8, 4) is 0 Å². The molecule has 0 aliphatic heterocycles. The zero-order valence-electron chi connectivity index (χ0n) is 10.8. The summed E-state index contributed by atoms with van der Waals surface area (Å²) in [6, 6.07) is 0.600. The van der Waals surface area contributed by atoms with E-state index in [9.17, 15) is 0 Å². The average molecular weight is 233 g/mol. The number of nitrogens with zero attached hydrogens (tertiary/aromatic N) is 2. The molecule has 3 nitrogen and oxygen atoms in total. The lowest BCUT2D eigenvalue weighted by Gasteiger charge is -2.17. The van der Waals surface area contributed by atoms with Crippen molar-refractivity contribution in [2.75, 3.05) is 5.32 Å². The Kier molecular flexibility index (Phi) is 4.24. The van der Waals surface area contributed by atoms with E-state index in [4.69, 9.17) is 0 Å². The zero-order valence-corrected chi connectivity index (χ0v) is 10.8. The second-order valence-corrected chi connectivity index (χ2v) is 4.98. The van der Waals surface area contributed by atoms with Crippen LogP contribution in [0.2, 0.25) is 0 Å². The van der Waals surface area contributed by atoms with Gasteiger partial charge < -0.3 is 9.88 Å². The van der Waals surface area contributed by atoms with E-state index < -0.39 is 0 Å². The van der Waals surface area contributed by atoms with Crippen LogP contribution >= 0.6 is 0 Å². The molecule has 94 valence electrons. The van der Waals surface area contributed by atoms with Crippen LogP contribution in [0.15, 0.2) is 18.9 Å². The first-order valence-corrected chi connectivity index (χ1v) is 6.71. The first-order valence-electron chi connectivity index (χ1n) is 6.71. The number of hydrogen-bond donors (Lipinski definition) is 1. The Hall–Kier alpha value is -1.25. The minimum Gasteiger partial charge on any atom is -0.353 e. The van der Waals surface area contributed by atoms with Crippen molar-refractivity contribution in [2.24, 2.45) is 0 Å². The molecule has 1 N–H and O–H groups in total. The van der Waals surface area contributed by atoms with E-state index in [2.05, 4.69) is 27.6 Å². The van der Waals surface area contributed by atoms with Gasteiger partial charge in [0.15, 0.2) is 0 Å². The molecule has 1 aromatic rings. The maximum Gasteiger partial charge on any atom is 0.203 e. The largest absolute Gasteiger partial charge is 0.353 e. The van der Waals surface area contributed by atoms with Gasteiger partial charge in [-0.05, 0) is 19.8 Å². The van der Waals surface area contributed by atoms with E-state index in [-0.39, 0.29) is 0 Å². The summed E-state index contributed by atoms with van der Waals surface area (Å²) in [7, 11) is 0. The number of hydrogen-bond acceptors (Lipinski definition) is 2. The summed E-state index contributed by atoms with van der Waals surface area (Å²) in [5, 5.41) is 3.60. The standard InChI is InChI=1S/C14H23N3/c1-3-10-17-11-12(2)15-14(17)16-13-8-6-4-5-7-9-13/h3,11,13H,1,4-10H2,2H3,(H,15,16). The fourth-order valence-corrected chi connectivity index (χ4v) is 2.55. The van der Waals surface area contributed by atoms with Gasteiger partial charge in [-0.3, -0.25) is 0 Å². The van der Waals surface area contributed by atoms with Crippen LogP contribution in [-0.4, -0.2) is 15.6 Å². The molecular weight excluding hydrogens is 210 g/mol. The van der Waals surface area contributed by atoms with E-state index in [0.717, 1.165) is 18.2 Å². The number of rotatable bonds is 4. The summed E-state index contributed by atoms with van der Waals surface area (Å²) in [6.07, 6.45) is 12.0. The van der Waals surface area contributed by atoms with Gasteiger partial charge in [-0.2, -0.15) is 0 Å². The Bertz CT molecular complexity index is 360. The number of anilines is 1. The van der Waals surface area contributed by atoms with Gasteiger partial charge >= 0.3 is 0 Å². The number of aryl methyl sites for hydroxylation is 1. The minimum atomic E-state index is 0.600. The Morgan fingerprint density at radius 3 is 2.76 bits per heavy atom. The molecule has 3 heteroatoms. The predicted octanol–water partition coefficient (Wildman–Crippen LogP) is 3.51. The maximum atomic E-state index is 4.56. The Labute approximate surface area is 104 Å². The molecule has 0 spiro atoms. The summed E-state index contributed by atoms with van der Waals surface area (Å²) in [6.45, 7) is 6.66. The number of imidazole rings is 1. The maximum absolute atomic E-state index is 4.56. The molecule has 1 aliphatic rings. The third-order valence-corrected chi connectivity index (χ3v) is 3.41. The van der Waals surface area contributed by atoms with Crippen LogP contribution in [0.5, 0.6) is 0 Å². The molecule has 0 amide bonds. The highest BCUT2D eigenvalue weighted by molar-refractivity contribution is 5.30. The zero-order chi connectivity index (χ0) is 12.1. The van der Waals surface area contributed by atoms with Gasteiger partial charge in [0.05, 0.1) is 5.69 Å². The third-order valence-electron chi connectivity index (χ3n) is 3.41. The van der Waals surface area contributed by atoms with Crippen LogP contribution in [0.4, 0.5) is 5.95 Å². The molecule has 2 rings (SSSR count). The second-order valence-electron chi connectivity index (χ2n) is 4.98. The Morgan fingerprint density at radius 2 is 2.12 bits per heavy atom. The highest BCUT2D eigenvalue weighted by atomic mass is 15.2. The van der Waals surface area contributed by atoms with Gasteiger partial charge in [-0.1, -0.05) is 31.8 Å². The van der Waals surface area contributed by atoms with Crippen LogP contribution < -0.4 is 5.32 Å². The van der Waals surface area contributed by atoms with Crippen molar-refractivity contribution in [1.29, 1.82) is 0 Å². The molecule has 0 radical (unpaired) electrons. The predicted molar refractivity (Wildman–Crippen MR) is 72.3 cm³/mol. The molecule has 0 saturated heterocycles. The van der Waals surface area contributed by atoms with E-state index in [1.807, 2.05) is 13.0 Å². The van der Waals surface area contributed by atoms with Gasteiger partial charge in [0.25, 0.3) is 0 Å². The van der Waals surface area contributed by atoms with Crippen molar-refractivity contribution < 1.29 is 0 Å². The molecule has 0 unspecified atom stereocenters. The van der Waals surface area contributed by atoms with Gasteiger partial charge in [-0.15, -0.1) is 6.58 Å². The van der Waals surface area contributed by atoms with Gasteiger partial charge in [0, 0.05) is 18.8 Å². The van der Waals surface area contributed by atoms with E-state index >= 15 is 0 Å². The summed E-state index contributed by atoms with van der Waals surface area (Å²) in [5.41, 5.74) is 1.07. The first kappa shape index (κ1) is 12.2. The fraction of sp³-hybridized carbons (Fsp3) is 0.643. The molecular formula is C14H23N3. The normalized spacial score (nSPS) is 17.7. The summed E-state index contributed by atoms with van der Waals surface area (Å²) < 4.78 is 2.15. The third kappa shape index (κ3) is 3.35. The number of nitrogens with one attached hydrogen (secondary N) is 1. The number of allylic oxidation sites excluding steroid dienone is 1. The van der Waals surface area contributed by atoms with Crippen LogP contribution in [0, 0.1) is 6.92 Å². The Morgan fingerprint density at radius 1 is 1.41 bits per heavy atom. The van der Waals surface area contributed by atoms with Gasteiger partial charge in [-0.25, -0.2) is 4.98 Å². The van der Waals surface area contributed by atoms with Crippen molar-refractivity contribution in [3.63, 3.8) is 0 Å². The molecule has 0 atom stereocenters. The molecule has 1 saturated carbocycles. The summed E-state index contributed by atoms with van der Waals surface area (Å²) in [5.74, 6) is 1.01. The van der Waals surface area contributed by atoms with Crippen LogP contribution in [0.25, 0.3) is 0 Å². The highest BCUT2D eigenvalue weighted by Crippen LogP contribution is 2.21. The highest BCUT2D eigenvalue weighted by Gasteiger charge is 2.14. The summed E-state index contributed by atoms with van der Waals surface area (Å²) >= 11 is 0. The SMILES string of the molecule is C=CCn1cc(C)nc1NC1CCCCCC1. The summed E-state index contributed by atoms with van der Waals surface area (Å²) in [4.78, 5) is 4.56. The van der Waals surface area contributed by atoms with Gasteiger partial charge in [0.1, 0.15) is 0 Å². The van der Waals surface area contributed by atoms with Crippen molar-refractivity contribution in [1.82, 2.24) is 9.55 Å². The molecule has 0 aromatic carbocycles. The first-order chi connectivity index (χ1) is 8.29. The molecule has 17 heavy (non-hydrogen) atoms. The molecule has 1 fully saturated rings. The second kappa shape index (κ2) is 5.89. The lowest BCUT2D eigenvalue weighted by molar-refractivity contribution is 0.609. The molecule has 1 aliphatic carbocycles. The van der Waals surface area contributed by atoms with Crippen LogP contribution in [-0.2, 0) is 6.54 Å². The lowest BCUT2D eigenvalue weighted by atomic mass is 10.1. The van der Waals surface area contributed by atoms with E-state index in [0.29, 0.717) is 6.04 Å². The topological polar surface area (TPSA) is 29.9 Å². The Balaban J connectivity index is 2.02. The monoisotopic (exact) mass is 233 g/mol. The number of aromatic nitrogens is 2. The molecule has 1 aromatic heterocycles. The van der Waals surface area contributed by atoms with Crippen molar-refractivity contribution in [2.45, 2.75) is 58.0 Å².